The minimum Gasteiger partial charge on any atom is -0.508 e. The second-order valence-electron chi connectivity index (χ2n) is 5.41. The number of phenolic OH excluding ortho intramolecular Hbond substituents is 2. The molecule has 2 N–H and O–H groups in total. The summed E-state index contributed by atoms with van der Waals surface area (Å²) in [6, 6.07) is 13.4. The van der Waals surface area contributed by atoms with Crippen molar-refractivity contribution in [2.24, 2.45) is 0 Å². The number of ether oxygens (including phenoxy) is 2. The SMILES string of the molecule is O=C(OCCCCCCOc1ccccc1)c1cc(O)ccc1O. The maximum absolute atomic E-state index is 11.8. The van der Waals surface area contributed by atoms with Crippen LogP contribution in [0.3, 0.4) is 0 Å². The van der Waals surface area contributed by atoms with Gasteiger partial charge in [0.15, 0.2) is 0 Å². The van der Waals surface area contributed by atoms with Crippen molar-refractivity contribution >= 4 is 5.97 Å². The molecule has 2 rings (SSSR count). The standard InChI is InChI=1S/C19H22O5/c20-15-10-11-18(21)17(14-15)19(22)24-13-7-2-1-6-12-23-16-8-4-3-5-9-16/h3-5,8-11,14,20-21H,1-2,6-7,12-13H2. The van der Waals surface area contributed by atoms with Gasteiger partial charge in [0, 0.05) is 0 Å². The van der Waals surface area contributed by atoms with Gasteiger partial charge in [0.1, 0.15) is 22.8 Å². The second kappa shape index (κ2) is 9.45. The van der Waals surface area contributed by atoms with E-state index in [0.717, 1.165) is 31.4 Å². The van der Waals surface area contributed by atoms with E-state index >= 15 is 0 Å². The van der Waals surface area contributed by atoms with Gasteiger partial charge in [0.25, 0.3) is 0 Å². The first kappa shape index (κ1) is 17.7. The zero-order chi connectivity index (χ0) is 17.2. The summed E-state index contributed by atoms with van der Waals surface area (Å²) < 4.78 is 10.7. The number of phenols is 2. The predicted octanol–water partition coefficient (Wildman–Crippen LogP) is 3.89. The summed E-state index contributed by atoms with van der Waals surface area (Å²) >= 11 is 0. The van der Waals surface area contributed by atoms with Crippen LogP contribution in [0.2, 0.25) is 0 Å². The van der Waals surface area contributed by atoms with Crippen LogP contribution in [0.5, 0.6) is 17.2 Å². The number of hydrogen-bond acceptors (Lipinski definition) is 5. The molecule has 128 valence electrons. The molecule has 0 radical (unpaired) electrons. The third-order valence-corrected chi connectivity index (χ3v) is 3.48. The van der Waals surface area contributed by atoms with Crippen LogP contribution in [0.15, 0.2) is 48.5 Å². The predicted molar refractivity (Wildman–Crippen MR) is 90.5 cm³/mol. The summed E-state index contributed by atoms with van der Waals surface area (Å²) in [7, 11) is 0. The summed E-state index contributed by atoms with van der Waals surface area (Å²) in [5, 5.41) is 18.9. The lowest BCUT2D eigenvalue weighted by atomic mass is 10.2. The Morgan fingerprint density at radius 1 is 0.875 bits per heavy atom. The molecule has 0 fully saturated rings. The minimum absolute atomic E-state index is 0.0220. The van der Waals surface area contributed by atoms with Gasteiger partial charge in [0.2, 0.25) is 0 Å². The van der Waals surface area contributed by atoms with Gasteiger partial charge in [-0.25, -0.2) is 4.79 Å². The Balaban J connectivity index is 1.55. The highest BCUT2D eigenvalue weighted by Gasteiger charge is 2.13. The molecule has 0 spiro atoms. The summed E-state index contributed by atoms with van der Waals surface area (Å²) in [5.41, 5.74) is -0.0220. The average molecular weight is 330 g/mol. The molecule has 0 unspecified atom stereocenters. The van der Waals surface area contributed by atoms with Crippen LogP contribution in [0.1, 0.15) is 36.0 Å². The molecule has 24 heavy (non-hydrogen) atoms. The molecule has 0 aliphatic heterocycles. The van der Waals surface area contributed by atoms with E-state index in [2.05, 4.69) is 0 Å². The fraction of sp³-hybridized carbons (Fsp3) is 0.316. The molecule has 0 saturated heterocycles. The van der Waals surface area contributed by atoms with Gasteiger partial charge in [-0.3, -0.25) is 0 Å². The molecular formula is C19H22O5. The molecule has 0 heterocycles. The number of benzene rings is 2. The number of aromatic hydroxyl groups is 2. The van der Waals surface area contributed by atoms with Crippen molar-refractivity contribution in [3.63, 3.8) is 0 Å². The molecule has 2 aromatic rings. The Morgan fingerprint density at radius 3 is 2.33 bits per heavy atom. The number of unbranched alkanes of at least 4 members (excludes halogenated alkanes) is 3. The third kappa shape index (κ3) is 5.83. The van der Waals surface area contributed by atoms with Crippen LogP contribution in [-0.2, 0) is 4.74 Å². The van der Waals surface area contributed by atoms with Gasteiger partial charge in [-0.15, -0.1) is 0 Å². The van der Waals surface area contributed by atoms with Crippen molar-refractivity contribution in [2.45, 2.75) is 25.7 Å². The van der Waals surface area contributed by atoms with Gasteiger partial charge in [-0.1, -0.05) is 18.2 Å². The summed E-state index contributed by atoms with van der Waals surface area (Å²) in [6.07, 6.45) is 3.60. The van der Waals surface area contributed by atoms with Crippen LogP contribution in [0.25, 0.3) is 0 Å². The van der Waals surface area contributed by atoms with Crippen LogP contribution in [0, 0.1) is 0 Å². The number of para-hydroxylation sites is 1. The molecule has 0 aliphatic rings. The topological polar surface area (TPSA) is 76.0 Å². The maximum Gasteiger partial charge on any atom is 0.342 e. The van der Waals surface area contributed by atoms with Crippen molar-refractivity contribution in [3.05, 3.63) is 54.1 Å². The highest BCUT2D eigenvalue weighted by atomic mass is 16.5. The average Bonchev–Trinajstić information content (AvgIpc) is 2.60. The Labute approximate surface area is 141 Å². The fourth-order valence-electron chi connectivity index (χ4n) is 2.19. The second-order valence-corrected chi connectivity index (χ2v) is 5.41. The van der Waals surface area contributed by atoms with Crippen molar-refractivity contribution in [1.29, 1.82) is 0 Å². The van der Waals surface area contributed by atoms with E-state index < -0.39 is 5.97 Å². The lowest BCUT2D eigenvalue weighted by molar-refractivity contribution is 0.0493. The van der Waals surface area contributed by atoms with Gasteiger partial charge in [-0.2, -0.15) is 0 Å². The molecule has 0 amide bonds. The van der Waals surface area contributed by atoms with Crippen LogP contribution in [-0.4, -0.2) is 29.4 Å². The van der Waals surface area contributed by atoms with Crippen molar-refractivity contribution < 1.29 is 24.5 Å². The van der Waals surface area contributed by atoms with E-state index in [-0.39, 0.29) is 23.7 Å². The molecule has 2 aromatic carbocycles. The van der Waals surface area contributed by atoms with Crippen molar-refractivity contribution in [1.82, 2.24) is 0 Å². The number of rotatable bonds is 9. The van der Waals surface area contributed by atoms with Crippen LogP contribution in [0.4, 0.5) is 0 Å². The van der Waals surface area contributed by atoms with Crippen molar-refractivity contribution in [3.8, 4) is 17.2 Å². The molecule has 0 aliphatic carbocycles. The van der Waals surface area contributed by atoms with E-state index in [1.54, 1.807) is 0 Å². The minimum atomic E-state index is -0.629. The number of carbonyl (C=O) groups is 1. The van der Waals surface area contributed by atoms with Gasteiger partial charge >= 0.3 is 5.97 Å². The molecular weight excluding hydrogens is 308 g/mol. The lowest BCUT2D eigenvalue weighted by Crippen LogP contribution is -2.07. The molecule has 0 saturated carbocycles. The van der Waals surface area contributed by atoms with Crippen LogP contribution < -0.4 is 4.74 Å². The molecule has 0 bridgehead atoms. The Bertz CT molecular complexity index is 639. The highest BCUT2D eigenvalue weighted by molar-refractivity contribution is 5.92. The maximum atomic E-state index is 11.8. The smallest absolute Gasteiger partial charge is 0.342 e. The van der Waals surface area contributed by atoms with Crippen molar-refractivity contribution in [2.75, 3.05) is 13.2 Å². The zero-order valence-electron chi connectivity index (χ0n) is 13.5. The van der Waals surface area contributed by atoms with Gasteiger partial charge < -0.3 is 19.7 Å². The summed E-state index contributed by atoms with van der Waals surface area (Å²) in [4.78, 5) is 11.8. The first-order valence-corrected chi connectivity index (χ1v) is 8.04. The van der Waals surface area contributed by atoms with Gasteiger partial charge in [0.05, 0.1) is 13.2 Å². The molecule has 0 aromatic heterocycles. The Kier molecular flexibility index (Phi) is 6.95. The third-order valence-electron chi connectivity index (χ3n) is 3.48. The van der Waals surface area contributed by atoms with E-state index in [4.69, 9.17) is 9.47 Å². The summed E-state index contributed by atoms with van der Waals surface area (Å²) in [6.45, 7) is 0.953. The molecule has 0 atom stereocenters. The Hall–Kier alpha value is -2.69. The Morgan fingerprint density at radius 2 is 1.58 bits per heavy atom. The van der Waals surface area contributed by atoms with E-state index in [1.807, 2.05) is 30.3 Å². The highest BCUT2D eigenvalue weighted by Crippen LogP contribution is 2.22. The first-order chi connectivity index (χ1) is 11.7. The first-order valence-electron chi connectivity index (χ1n) is 8.04. The van der Waals surface area contributed by atoms with Crippen LogP contribution >= 0.6 is 0 Å². The molecule has 5 heteroatoms. The number of hydrogen-bond donors (Lipinski definition) is 2. The number of esters is 1. The van der Waals surface area contributed by atoms with E-state index in [9.17, 15) is 15.0 Å². The van der Waals surface area contributed by atoms with E-state index in [0.29, 0.717) is 6.61 Å². The normalized spacial score (nSPS) is 10.3. The fourth-order valence-corrected chi connectivity index (χ4v) is 2.19. The number of carbonyl (C=O) groups excluding carboxylic acids is 1. The molecule has 5 nitrogen and oxygen atoms in total. The van der Waals surface area contributed by atoms with E-state index in [1.165, 1.54) is 18.2 Å². The lowest BCUT2D eigenvalue weighted by Gasteiger charge is -2.07. The monoisotopic (exact) mass is 330 g/mol. The largest absolute Gasteiger partial charge is 0.508 e. The summed E-state index contributed by atoms with van der Waals surface area (Å²) in [5.74, 6) is -0.0396. The quantitative estimate of drug-likeness (QED) is 0.414. The van der Waals surface area contributed by atoms with Gasteiger partial charge in [-0.05, 0) is 56.0 Å². The zero-order valence-corrected chi connectivity index (χ0v) is 13.5.